The second-order valence-corrected chi connectivity index (χ2v) is 3.01. The van der Waals surface area contributed by atoms with E-state index in [2.05, 4.69) is 0 Å². The highest BCUT2D eigenvalue weighted by atomic mass is 16.5. The van der Waals surface area contributed by atoms with Gasteiger partial charge in [-0.1, -0.05) is 19.8 Å². The zero-order valence-corrected chi connectivity index (χ0v) is 8.08. The number of carboxylic acid groups (broad SMARTS) is 1. The van der Waals surface area contributed by atoms with E-state index in [1.165, 1.54) is 0 Å². The third-order valence-electron chi connectivity index (χ3n) is 1.59. The van der Waals surface area contributed by atoms with Crippen LogP contribution in [0.2, 0.25) is 0 Å². The summed E-state index contributed by atoms with van der Waals surface area (Å²) in [6.45, 7) is 3.82. The highest BCUT2D eigenvalue weighted by molar-refractivity contribution is 5.90. The fourth-order valence-electron chi connectivity index (χ4n) is 0.940. The number of carbonyl (C=O) groups excluding carboxylic acids is 1. The Hall–Kier alpha value is -1.06. The molecule has 0 radical (unpaired) electrons. The summed E-state index contributed by atoms with van der Waals surface area (Å²) >= 11 is 0. The second kappa shape index (κ2) is 6.46. The highest BCUT2D eigenvalue weighted by Gasteiger charge is 2.12. The first-order chi connectivity index (χ1) is 6.06. The SMILES string of the molecule is CCCCC(C)OC(=O)CC(=O)O. The molecule has 0 saturated carbocycles. The van der Waals surface area contributed by atoms with Gasteiger partial charge in [-0.15, -0.1) is 0 Å². The van der Waals surface area contributed by atoms with Gasteiger partial charge in [0.15, 0.2) is 0 Å². The molecule has 0 aromatic rings. The van der Waals surface area contributed by atoms with Gasteiger partial charge in [0.1, 0.15) is 6.42 Å². The minimum Gasteiger partial charge on any atom is -0.481 e. The lowest BCUT2D eigenvalue weighted by atomic mass is 10.2. The summed E-state index contributed by atoms with van der Waals surface area (Å²) < 4.78 is 4.84. The Morgan fingerprint density at radius 1 is 1.46 bits per heavy atom. The van der Waals surface area contributed by atoms with E-state index < -0.39 is 18.4 Å². The molecule has 76 valence electrons. The summed E-state index contributed by atoms with van der Waals surface area (Å²) in [4.78, 5) is 20.9. The molecule has 13 heavy (non-hydrogen) atoms. The van der Waals surface area contributed by atoms with Gasteiger partial charge in [0.2, 0.25) is 0 Å². The van der Waals surface area contributed by atoms with E-state index in [0.29, 0.717) is 0 Å². The van der Waals surface area contributed by atoms with Crippen LogP contribution in [-0.4, -0.2) is 23.1 Å². The number of carbonyl (C=O) groups is 2. The van der Waals surface area contributed by atoms with E-state index in [9.17, 15) is 9.59 Å². The summed E-state index contributed by atoms with van der Waals surface area (Å²) in [6.07, 6.45) is 2.10. The quantitative estimate of drug-likeness (QED) is 0.507. The van der Waals surface area contributed by atoms with Crippen molar-refractivity contribution in [3.63, 3.8) is 0 Å². The van der Waals surface area contributed by atoms with Crippen molar-refractivity contribution in [1.29, 1.82) is 0 Å². The first-order valence-corrected chi connectivity index (χ1v) is 4.47. The summed E-state index contributed by atoms with van der Waals surface area (Å²) in [5, 5.41) is 8.27. The number of hydrogen-bond acceptors (Lipinski definition) is 3. The fourth-order valence-corrected chi connectivity index (χ4v) is 0.940. The lowest BCUT2D eigenvalue weighted by molar-refractivity contribution is -0.154. The first-order valence-electron chi connectivity index (χ1n) is 4.47. The average molecular weight is 188 g/mol. The van der Waals surface area contributed by atoms with Crippen LogP contribution >= 0.6 is 0 Å². The molecule has 0 fully saturated rings. The Balaban J connectivity index is 3.59. The van der Waals surface area contributed by atoms with E-state index in [-0.39, 0.29) is 6.10 Å². The number of esters is 1. The Bertz CT molecular complexity index is 176. The number of hydrogen-bond donors (Lipinski definition) is 1. The molecule has 1 atom stereocenters. The molecule has 0 aliphatic rings. The summed E-state index contributed by atoms with van der Waals surface area (Å²) in [6, 6.07) is 0. The van der Waals surface area contributed by atoms with E-state index in [4.69, 9.17) is 9.84 Å². The topological polar surface area (TPSA) is 63.6 Å². The predicted molar refractivity (Wildman–Crippen MR) is 47.3 cm³/mol. The largest absolute Gasteiger partial charge is 0.481 e. The molecular formula is C9H16O4. The van der Waals surface area contributed by atoms with Gasteiger partial charge in [-0.25, -0.2) is 0 Å². The van der Waals surface area contributed by atoms with Gasteiger partial charge in [-0.05, 0) is 13.3 Å². The fraction of sp³-hybridized carbons (Fsp3) is 0.778. The molecule has 1 N–H and O–H groups in total. The normalized spacial score (nSPS) is 12.2. The van der Waals surface area contributed by atoms with Crippen LogP contribution in [0.5, 0.6) is 0 Å². The molecule has 0 saturated heterocycles. The Morgan fingerprint density at radius 2 is 2.08 bits per heavy atom. The first kappa shape index (κ1) is 11.9. The van der Waals surface area contributed by atoms with Crippen molar-refractivity contribution >= 4 is 11.9 Å². The van der Waals surface area contributed by atoms with Gasteiger partial charge in [-0.3, -0.25) is 9.59 Å². The van der Waals surface area contributed by atoms with Crippen LogP contribution in [0.1, 0.15) is 39.5 Å². The summed E-state index contributed by atoms with van der Waals surface area (Å²) in [7, 11) is 0. The monoisotopic (exact) mass is 188 g/mol. The number of unbranched alkanes of at least 4 members (excludes halogenated alkanes) is 1. The molecule has 0 amide bonds. The molecule has 0 aliphatic carbocycles. The zero-order chi connectivity index (χ0) is 10.3. The molecule has 4 heteroatoms. The van der Waals surface area contributed by atoms with Crippen LogP contribution in [0, 0.1) is 0 Å². The van der Waals surface area contributed by atoms with Crippen molar-refractivity contribution in [3.8, 4) is 0 Å². The predicted octanol–water partition coefficient (Wildman–Crippen LogP) is 1.58. The van der Waals surface area contributed by atoms with Gasteiger partial charge in [0.05, 0.1) is 6.10 Å². The van der Waals surface area contributed by atoms with Crippen LogP contribution in [0.4, 0.5) is 0 Å². The highest BCUT2D eigenvalue weighted by Crippen LogP contribution is 2.04. The van der Waals surface area contributed by atoms with Gasteiger partial charge in [0.25, 0.3) is 0 Å². The molecule has 0 bridgehead atoms. The van der Waals surface area contributed by atoms with Crippen molar-refractivity contribution in [2.45, 2.75) is 45.6 Å². The van der Waals surface area contributed by atoms with Crippen molar-refractivity contribution in [2.24, 2.45) is 0 Å². The molecule has 0 aromatic carbocycles. The van der Waals surface area contributed by atoms with Crippen LogP contribution in [0.25, 0.3) is 0 Å². The number of carboxylic acids is 1. The van der Waals surface area contributed by atoms with Crippen molar-refractivity contribution in [3.05, 3.63) is 0 Å². The third-order valence-corrected chi connectivity index (χ3v) is 1.59. The number of aliphatic carboxylic acids is 1. The minimum absolute atomic E-state index is 0.174. The summed E-state index contributed by atoms with van der Waals surface area (Å²) in [5.41, 5.74) is 0. The molecule has 0 aromatic heterocycles. The Morgan fingerprint density at radius 3 is 2.54 bits per heavy atom. The van der Waals surface area contributed by atoms with Gasteiger partial charge in [-0.2, -0.15) is 0 Å². The molecular weight excluding hydrogens is 172 g/mol. The number of ether oxygens (including phenoxy) is 1. The van der Waals surface area contributed by atoms with Gasteiger partial charge < -0.3 is 9.84 Å². The van der Waals surface area contributed by atoms with E-state index in [1.54, 1.807) is 6.92 Å². The lowest BCUT2D eigenvalue weighted by Crippen LogP contribution is -2.17. The second-order valence-electron chi connectivity index (χ2n) is 3.01. The zero-order valence-electron chi connectivity index (χ0n) is 8.08. The van der Waals surface area contributed by atoms with Crippen LogP contribution in [0.3, 0.4) is 0 Å². The van der Waals surface area contributed by atoms with E-state index in [1.807, 2.05) is 6.92 Å². The smallest absolute Gasteiger partial charge is 0.317 e. The van der Waals surface area contributed by atoms with Crippen LogP contribution in [-0.2, 0) is 14.3 Å². The number of rotatable bonds is 6. The molecule has 0 heterocycles. The molecule has 4 nitrogen and oxygen atoms in total. The average Bonchev–Trinajstić information content (AvgIpc) is 1.98. The van der Waals surface area contributed by atoms with Gasteiger partial charge in [0, 0.05) is 0 Å². The van der Waals surface area contributed by atoms with Crippen molar-refractivity contribution < 1.29 is 19.4 Å². The third kappa shape index (κ3) is 7.31. The van der Waals surface area contributed by atoms with E-state index >= 15 is 0 Å². The molecule has 1 unspecified atom stereocenters. The van der Waals surface area contributed by atoms with Crippen molar-refractivity contribution in [2.75, 3.05) is 0 Å². The Labute approximate surface area is 77.9 Å². The van der Waals surface area contributed by atoms with Crippen LogP contribution < -0.4 is 0 Å². The summed E-state index contributed by atoms with van der Waals surface area (Å²) in [5.74, 6) is -1.80. The molecule has 0 rings (SSSR count). The van der Waals surface area contributed by atoms with E-state index in [0.717, 1.165) is 19.3 Å². The minimum atomic E-state index is -1.15. The maximum Gasteiger partial charge on any atom is 0.317 e. The maximum atomic E-state index is 10.8. The van der Waals surface area contributed by atoms with Crippen LogP contribution in [0.15, 0.2) is 0 Å². The molecule has 0 spiro atoms. The van der Waals surface area contributed by atoms with Crippen molar-refractivity contribution in [1.82, 2.24) is 0 Å². The lowest BCUT2D eigenvalue weighted by Gasteiger charge is -2.11. The Kier molecular flexibility index (Phi) is 5.93. The standard InChI is InChI=1S/C9H16O4/c1-3-4-5-7(2)13-9(12)6-8(10)11/h7H,3-6H2,1-2H3,(H,10,11). The molecule has 0 aliphatic heterocycles. The van der Waals surface area contributed by atoms with Gasteiger partial charge >= 0.3 is 11.9 Å². The maximum absolute atomic E-state index is 10.8.